The van der Waals surface area contributed by atoms with Gasteiger partial charge in [-0.2, -0.15) is 9.97 Å². The Morgan fingerprint density at radius 3 is 2.94 bits per heavy atom. The number of rotatable bonds is 4. The zero-order valence-electron chi connectivity index (χ0n) is 10.6. The fourth-order valence-corrected chi connectivity index (χ4v) is 2.51. The number of anilines is 2. The van der Waals surface area contributed by atoms with E-state index in [-0.39, 0.29) is 5.95 Å². The van der Waals surface area contributed by atoms with Crippen LogP contribution >= 0.6 is 0 Å². The molecular formula is C12H19N5O. The van der Waals surface area contributed by atoms with Crippen LogP contribution in [0, 0.1) is 0 Å². The van der Waals surface area contributed by atoms with E-state index in [4.69, 9.17) is 10.5 Å². The highest BCUT2D eigenvalue weighted by atomic mass is 16.5. The van der Waals surface area contributed by atoms with Crippen LogP contribution in [0.2, 0.25) is 0 Å². The van der Waals surface area contributed by atoms with Crippen LogP contribution < -0.4 is 15.8 Å². The average molecular weight is 249 g/mol. The van der Waals surface area contributed by atoms with Gasteiger partial charge in [-0.25, -0.2) is 0 Å². The summed E-state index contributed by atoms with van der Waals surface area (Å²) < 4.78 is 5.09. The SMILES string of the molecule is COc1cc(NC2CCN(C3CC3)C2)nc(N)n1. The van der Waals surface area contributed by atoms with Crippen molar-refractivity contribution >= 4 is 11.8 Å². The Kier molecular flexibility index (Phi) is 2.95. The Labute approximate surface area is 107 Å². The normalized spacial score (nSPS) is 24.2. The van der Waals surface area contributed by atoms with Crippen molar-refractivity contribution in [2.75, 3.05) is 31.2 Å². The lowest BCUT2D eigenvalue weighted by Crippen LogP contribution is -2.28. The summed E-state index contributed by atoms with van der Waals surface area (Å²) >= 11 is 0. The molecule has 0 amide bonds. The molecule has 3 N–H and O–H groups in total. The van der Waals surface area contributed by atoms with Crippen LogP contribution in [0.4, 0.5) is 11.8 Å². The van der Waals surface area contributed by atoms with Crippen LogP contribution in [-0.4, -0.2) is 47.2 Å². The van der Waals surface area contributed by atoms with Crippen LogP contribution in [-0.2, 0) is 0 Å². The molecule has 1 atom stereocenters. The lowest BCUT2D eigenvalue weighted by atomic mass is 10.2. The molecule has 0 aromatic carbocycles. The molecule has 1 aliphatic heterocycles. The smallest absolute Gasteiger partial charge is 0.225 e. The van der Waals surface area contributed by atoms with Gasteiger partial charge in [-0.15, -0.1) is 0 Å². The molecule has 0 spiro atoms. The summed E-state index contributed by atoms with van der Waals surface area (Å²) in [6.07, 6.45) is 3.88. The van der Waals surface area contributed by atoms with Crippen molar-refractivity contribution in [2.24, 2.45) is 0 Å². The minimum Gasteiger partial charge on any atom is -0.481 e. The number of ether oxygens (including phenoxy) is 1. The van der Waals surface area contributed by atoms with E-state index in [9.17, 15) is 0 Å². The fraction of sp³-hybridized carbons (Fsp3) is 0.667. The van der Waals surface area contributed by atoms with Crippen molar-refractivity contribution in [1.29, 1.82) is 0 Å². The molecule has 0 radical (unpaired) electrons. The summed E-state index contributed by atoms with van der Waals surface area (Å²) in [7, 11) is 1.58. The molecule has 2 fully saturated rings. The number of nitrogen functional groups attached to an aromatic ring is 1. The van der Waals surface area contributed by atoms with E-state index < -0.39 is 0 Å². The average Bonchev–Trinajstić information content (AvgIpc) is 3.10. The molecule has 2 heterocycles. The van der Waals surface area contributed by atoms with Crippen LogP contribution in [0.25, 0.3) is 0 Å². The molecule has 2 aliphatic rings. The minimum atomic E-state index is 0.244. The van der Waals surface area contributed by atoms with Crippen molar-refractivity contribution in [3.05, 3.63) is 6.07 Å². The molecule has 18 heavy (non-hydrogen) atoms. The summed E-state index contributed by atoms with van der Waals surface area (Å²) in [5, 5.41) is 3.42. The minimum absolute atomic E-state index is 0.244. The first-order chi connectivity index (χ1) is 8.74. The zero-order chi connectivity index (χ0) is 12.5. The molecule has 1 unspecified atom stereocenters. The Morgan fingerprint density at radius 2 is 2.22 bits per heavy atom. The molecule has 6 nitrogen and oxygen atoms in total. The quantitative estimate of drug-likeness (QED) is 0.818. The van der Waals surface area contributed by atoms with Gasteiger partial charge in [-0.05, 0) is 19.3 Å². The number of hydrogen-bond donors (Lipinski definition) is 2. The maximum absolute atomic E-state index is 5.64. The lowest BCUT2D eigenvalue weighted by molar-refractivity contribution is 0.326. The van der Waals surface area contributed by atoms with Gasteiger partial charge in [0.25, 0.3) is 0 Å². The number of nitrogens with one attached hydrogen (secondary N) is 1. The number of nitrogens with zero attached hydrogens (tertiary/aromatic N) is 3. The van der Waals surface area contributed by atoms with Gasteiger partial charge in [-0.3, -0.25) is 4.90 Å². The Bertz CT molecular complexity index is 434. The van der Waals surface area contributed by atoms with Gasteiger partial charge < -0.3 is 15.8 Å². The Balaban J connectivity index is 1.63. The number of likely N-dealkylation sites (tertiary alicyclic amines) is 1. The predicted molar refractivity (Wildman–Crippen MR) is 69.6 cm³/mol. The van der Waals surface area contributed by atoms with Crippen molar-refractivity contribution in [2.45, 2.75) is 31.3 Å². The van der Waals surface area contributed by atoms with Crippen molar-refractivity contribution in [3.63, 3.8) is 0 Å². The van der Waals surface area contributed by atoms with Crippen LogP contribution in [0.1, 0.15) is 19.3 Å². The summed E-state index contributed by atoms with van der Waals surface area (Å²) in [5.74, 6) is 1.50. The van der Waals surface area contributed by atoms with Crippen LogP contribution in [0.15, 0.2) is 6.07 Å². The monoisotopic (exact) mass is 249 g/mol. The van der Waals surface area contributed by atoms with Gasteiger partial charge in [0.1, 0.15) is 5.82 Å². The van der Waals surface area contributed by atoms with Crippen molar-refractivity contribution in [3.8, 4) is 5.88 Å². The van der Waals surface area contributed by atoms with Gasteiger partial charge in [0.2, 0.25) is 11.8 Å². The topological polar surface area (TPSA) is 76.3 Å². The Hall–Kier alpha value is -1.56. The van der Waals surface area contributed by atoms with E-state index in [1.165, 1.54) is 19.4 Å². The van der Waals surface area contributed by atoms with Crippen molar-refractivity contribution in [1.82, 2.24) is 14.9 Å². The molecular weight excluding hydrogens is 230 g/mol. The maximum Gasteiger partial charge on any atom is 0.225 e. The molecule has 1 aliphatic carbocycles. The number of methoxy groups -OCH3 is 1. The molecule has 3 rings (SSSR count). The predicted octanol–water partition coefficient (Wildman–Crippen LogP) is 0.716. The van der Waals surface area contributed by atoms with Gasteiger partial charge in [-0.1, -0.05) is 0 Å². The first kappa shape index (κ1) is 11.5. The van der Waals surface area contributed by atoms with E-state index in [0.29, 0.717) is 11.9 Å². The summed E-state index contributed by atoms with van der Waals surface area (Å²) in [5.41, 5.74) is 5.64. The van der Waals surface area contributed by atoms with Crippen LogP contribution in [0.5, 0.6) is 5.88 Å². The highest BCUT2D eigenvalue weighted by Gasteiger charge is 2.34. The lowest BCUT2D eigenvalue weighted by Gasteiger charge is -2.16. The number of aromatic nitrogens is 2. The van der Waals surface area contributed by atoms with E-state index in [0.717, 1.165) is 24.8 Å². The number of hydrogen-bond acceptors (Lipinski definition) is 6. The van der Waals surface area contributed by atoms with Crippen molar-refractivity contribution < 1.29 is 4.74 Å². The standard InChI is InChI=1S/C12H19N5O/c1-18-11-6-10(15-12(13)16-11)14-8-4-5-17(7-8)9-2-3-9/h6,8-9H,2-5,7H2,1H3,(H3,13,14,15,16). The van der Waals surface area contributed by atoms with Gasteiger partial charge in [0, 0.05) is 31.2 Å². The first-order valence-electron chi connectivity index (χ1n) is 6.44. The molecule has 1 saturated heterocycles. The van der Waals surface area contributed by atoms with Gasteiger partial charge >= 0.3 is 0 Å². The Morgan fingerprint density at radius 1 is 1.39 bits per heavy atom. The first-order valence-corrected chi connectivity index (χ1v) is 6.44. The zero-order valence-corrected chi connectivity index (χ0v) is 10.6. The van der Waals surface area contributed by atoms with E-state index in [2.05, 4.69) is 20.2 Å². The summed E-state index contributed by atoms with van der Waals surface area (Å²) in [6, 6.07) is 3.07. The second-order valence-electron chi connectivity index (χ2n) is 5.01. The fourth-order valence-electron chi connectivity index (χ4n) is 2.51. The third kappa shape index (κ3) is 2.48. The highest BCUT2D eigenvalue weighted by molar-refractivity contribution is 5.43. The molecule has 0 bridgehead atoms. The molecule has 98 valence electrons. The highest BCUT2D eigenvalue weighted by Crippen LogP contribution is 2.30. The van der Waals surface area contributed by atoms with E-state index in [1.54, 1.807) is 13.2 Å². The molecule has 1 aromatic heterocycles. The van der Waals surface area contributed by atoms with Gasteiger partial charge in [0.05, 0.1) is 7.11 Å². The third-order valence-electron chi connectivity index (χ3n) is 3.56. The third-order valence-corrected chi connectivity index (χ3v) is 3.56. The second-order valence-corrected chi connectivity index (χ2v) is 5.01. The van der Waals surface area contributed by atoms with E-state index >= 15 is 0 Å². The molecule has 1 aromatic rings. The van der Waals surface area contributed by atoms with Crippen LogP contribution in [0.3, 0.4) is 0 Å². The molecule has 1 saturated carbocycles. The maximum atomic E-state index is 5.64. The molecule has 6 heteroatoms. The summed E-state index contributed by atoms with van der Waals surface area (Å²) in [4.78, 5) is 10.7. The summed E-state index contributed by atoms with van der Waals surface area (Å²) in [6.45, 7) is 2.27. The largest absolute Gasteiger partial charge is 0.481 e. The second kappa shape index (κ2) is 4.61. The van der Waals surface area contributed by atoms with E-state index in [1.807, 2.05) is 0 Å². The van der Waals surface area contributed by atoms with Gasteiger partial charge in [0.15, 0.2) is 0 Å². The number of nitrogens with two attached hydrogens (primary N) is 1.